The summed E-state index contributed by atoms with van der Waals surface area (Å²) in [5.74, 6) is 0.101. The minimum Gasteiger partial charge on any atom is -0.364 e. The van der Waals surface area contributed by atoms with E-state index in [1.165, 1.54) is 0 Å². The first-order chi connectivity index (χ1) is 5.61. The van der Waals surface area contributed by atoms with Gasteiger partial charge in [-0.3, -0.25) is 4.79 Å². The molecule has 0 N–H and O–H groups in total. The fourth-order valence-electron chi connectivity index (χ4n) is 0.866. The Hall–Kier alpha value is -0.610. The third-order valence-electron chi connectivity index (χ3n) is 1.47. The predicted octanol–water partition coefficient (Wildman–Crippen LogP) is 0.000400. The molecule has 0 spiro atoms. The van der Waals surface area contributed by atoms with Crippen molar-refractivity contribution in [3.63, 3.8) is 0 Å². The number of amides is 1. The normalized spacial score (nSPS) is 10.4. The number of nitrogens with zero attached hydrogens (tertiary/aromatic N) is 2. The molecule has 4 heteroatoms. The lowest BCUT2D eigenvalue weighted by molar-refractivity contribution is -0.136. The van der Waals surface area contributed by atoms with E-state index in [0.717, 1.165) is 0 Å². The van der Waals surface area contributed by atoms with E-state index in [4.69, 9.17) is 4.74 Å². The number of hydrogen-bond acceptors (Lipinski definition) is 3. The summed E-state index contributed by atoms with van der Waals surface area (Å²) in [5, 5.41) is 0. The van der Waals surface area contributed by atoms with E-state index >= 15 is 0 Å². The Kier molecular flexibility index (Phi) is 5.66. The van der Waals surface area contributed by atoms with Crippen molar-refractivity contribution in [3.8, 4) is 0 Å². The molecule has 0 bridgehead atoms. The van der Waals surface area contributed by atoms with Gasteiger partial charge in [0.05, 0.1) is 6.54 Å². The number of hydrogen-bond donors (Lipinski definition) is 0. The molecular weight excluding hydrogens is 156 g/mol. The van der Waals surface area contributed by atoms with Crippen LogP contribution in [-0.4, -0.2) is 56.7 Å². The molecular formula is C8H18N2O2. The van der Waals surface area contributed by atoms with Crippen molar-refractivity contribution in [2.24, 2.45) is 0 Å². The van der Waals surface area contributed by atoms with Crippen molar-refractivity contribution in [1.29, 1.82) is 0 Å². The van der Waals surface area contributed by atoms with Crippen LogP contribution in [0, 0.1) is 0 Å². The maximum Gasteiger partial charge on any atom is 0.238 e. The molecule has 0 unspecified atom stereocenters. The van der Waals surface area contributed by atoms with Gasteiger partial charge in [-0.25, -0.2) is 0 Å². The van der Waals surface area contributed by atoms with Crippen LogP contribution >= 0.6 is 0 Å². The highest BCUT2D eigenvalue weighted by atomic mass is 16.5. The summed E-state index contributed by atoms with van der Waals surface area (Å²) in [5.41, 5.74) is 0. The van der Waals surface area contributed by atoms with Gasteiger partial charge in [0.15, 0.2) is 0 Å². The summed E-state index contributed by atoms with van der Waals surface area (Å²) in [7, 11) is 5.34. The lowest BCUT2D eigenvalue weighted by atomic mass is 10.5. The number of rotatable bonds is 5. The van der Waals surface area contributed by atoms with Crippen molar-refractivity contribution in [2.45, 2.75) is 6.92 Å². The van der Waals surface area contributed by atoms with Gasteiger partial charge in [-0.15, -0.1) is 0 Å². The van der Waals surface area contributed by atoms with E-state index in [-0.39, 0.29) is 5.91 Å². The Bertz CT molecular complexity index is 137. The largest absolute Gasteiger partial charge is 0.364 e. The van der Waals surface area contributed by atoms with Gasteiger partial charge in [-0.1, -0.05) is 0 Å². The van der Waals surface area contributed by atoms with Gasteiger partial charge in [0, 0.05) is 13.7 Å². The van der Waals surface area contributed by atoms with Crippen LogP contribution in [0.15, 0.2) is 0 Å². The summed E-state index contributed by atoms with van der Waals surface area (Å²) in [6.07, 6.45) is 0. The SMILES string of the molecule is CCN(COC)C(=O)CN(C)C. The standard InChI is InChI=1S/C8H18N2O2/c1-5-10(7-12-4)8(11)6-9(2)3/h5-7H2,1-4H3. The van der Waals surface area contributed by atoms with Crippen LogP contribution in [0.4, 0.5) is 0 Å². The number of carbonyl (C=O) groups excluding carboxylic acids is 1. The van der Waals surface area contributed by atoms with E-state index in [2.05, 4.69) is 0 Å². The minimum atomic E-state index is 0.101. The third kappa shape index (κ3) is 4.31. The fourth-order valence-corrected chi connectivity index (χ4v) is 0.866. The number of methoxy groups -OCH3 is 1. The molecule has 4 nitrogen and oxygen atoms in total. The van der Waals surface area contributed by atoms with Crippen LogP contribution < -0.4 is 0 Å². The molecule has 0 aliphatic carbocycles. The van der Waals surface area contributed by atoms with Crippen molar-refractivity contribution in [3.05, 3.63) is 0 Å². The average Bonchev–Trinajstić information content (AvgIpc) is 1.98. The molecule has 0 aromatic rings. The van der Waals surface area contributed by atoms with Gasteiger partial charge in [-0.05, 0) is 21.0 Å². The molecule has 0 atom stereocenters. The Morgan fingerprint density at radius 3 is 2.33 bits per heavy atom. The van der Waals surface area contributed by atoms with E-state index in [9.17, 15) is 4.79 Å². The molecule has 0 radical (unpaired) electrons. The van der Waals surface area contributed by atoms with E-state index in [1.807, 2.05) is 25.9 Å². The Balaban J connectivity index is 3.85. The summed E-state index contributed by atoms with van der Waals surface area (Å²) in [6.45, 7) is 3.45. The van der Waals surface area contributed by atoms with Gasteiger partial charge in [0.25, 0.3) is 0 Å². The monoisotopic (exact) mass is 174 g/mol. The molecule has 0 aromatic carbocycles. The van der Waals surface area contributed by atoms with Crippen molar-refractivity contribution in [1.82, 2.24) is 9.80 Å². The molecule has 0 saturated carbocycles. The smallest absolute Gasteiger partial charge is 0.238 e. The lowest BCUT2D eigenvalue weighted by Crippen LogP contribution is -2.38. The predicted molar refractivity (Wildman–Crippen MR) is 47.8 cm³/mol. The van der Waals surface area contributed by atoms with Gasteiger partial charge in [0.1, 0.15) is 6.73 Å². The number of likely N-dealkylation sites (N-methyl/N-ethyl adjacent to an activating group) is 2. The van der Waals surface area contributed by atoms with Crippen molar-refractivity contribution < 1.29 is 9.53 Å². The highest BCUT2D eigenvalue weighted by Gasteiger charge is 2.10. The first-order valence-corrected chi connectivity index (χ1v) is 4.03. The average molecular weight is 174 g/mol. The van der Waals surface area contributed by atoms with E-state index in [1.54, 1.807) is 12.0 Å². The molecule has 72 valence electrons. The number of carbonyl (C=O) groups is 1. The third-order valence-corrected chi connectivity index (χ3v) is 1.47. The maximum absolute atomic E-state index is 11.4. The zero-order valence-corrected chi connectivity index (χ0v) is 8.33. The summed E-state index contributed by atoms with van der Waals surface area (Å²) in [6, 6.07) is 0. The molecule has 1 amide bonds. The quantitative estimate of drug-likeness (QED) is 0.550. The summed E-state index contributed by atoms with van der Waals surface area (Å²) in [4.78, 5) is 14.9. The zero-order valence-electron chi connectivity index (χ0n) is 8.33. The summed E-state index contributed by atoms with van der Waals surface area (Å²) < 4.78 is 4.88. The second-order valence-corrected chi connectivity index (χ2v) is 2.91. The Morgan fingerprint density at radius 1 is 1.42 bits per heavy atom. The highest BCUT2D eigenvalue weighted by molar-refractivity contribution is 5.78. The van der Waals surface area contributed by atoms with Crippen LogP contribution in [0.3, 0.4) is 0 Å². The molecule has 0 aliphatic rings. The second-order valence-electron chi connectivity index (χ2n) is 2.91. The molecule has 0 saturated heterocycles. The topological polar surface area (TPSA) is 32.8 Å². The van der Waals surface area contributed by atoms with Gasteiger partial charge in [-0.2, -0.15) is 0 Å². The van der Waals surface area contributed by atoms with Crippen molar-refractivity contribution >= 4 is 5.91 Å². The van der Waals surface area contributed by atoms with Crippen LogP contribution in [0.2, 0.25) is 0 Å². The maximum atomic E-state index is 11.4. The van der Waals surface area contributed by atoms with Crippen LogP contribution in [-0.2, 0) is 9.53 Å². The van der Waals surface area contributed by atoms with Crippen LogP contribution in [0.1, 0.15) is 6.92 Å². The molecule has 0 aliphatic heterocycles. The highest BCUT2D eigenvalue weighted by Crippen LogP contribution is 1.90. The Morgan fingerprint density at radius 2 is 2.00 bits per heavy atom. The molecule has 12 heavy (non-hydrogen) atoms. The van der Waals surface area contributed by atoms with Gasteiger partial charge < -0.3 is 14.5 Å². The minimum absolute atomic E-state index is 0.101. The van der Waals surface area contributed by atoms with E-state index < -0.39 is 0 Å². The van der Waals surface area contributed by atoms with Gasteiger partial charge in [0.2, 0.25) is 5.91 Å². The lowest BCUT2D eigenvalue weighted by Gasteiger charge is -2.21. The molecule has 0 fully saturated rings. The van der Waals surface area contributed by atoms with Crippen LogP contribution in [0.25, 0.3) is 0 Å². The summed E-state index contributed by atoms with van der Waals surface area (Å²) >= 11 is 0. The fraction of sp³-hybridized carbons (Fsp3) is 0.875. The van der Waals surface area contributed by atoms with E-state index in [0.29, 0.717) is 19.8 Å². The Labute approximate surface area is 74.1 Å². The molecule has 0 rings (SSSR count). The second kappa shape index (κ2) is 5.97. The number of ether oxygens (including phenoxy) is 1. The first-order valence-electron chi connectivity index (χ1n) is 4.03. The first kappa shape index (κ1) is 11.4. The zero-order chi connectivity index (χ0) is 9.56. The molecule has 0 heterocycles. The van der Waals surface area contributed by atoms with Crippen LogP contribution in [0.5, 0.6) is 0 Å². The van der Waals surface area contributed by atoms with Gasteiger partial charge >= 0.3 is 0 Å². The molecule has 0 aromatic heterocycles. The van der Waals surface area contributed by atoms with Crippen molar-refractivity contribution in [2.75, 3.05) is 41.0 Å².